The third-order valence-electron chi connectivity index (χ3n) is 7.16. The molecule has 6 rings (SSSR count). The molecular formula is C34H27N3O3S2. The van der Waals surface area contributed by atoms with Crippen molar-refractivity contribution in [2.45, 2.75) is 11.8 Å². The molecule has 0 aliphatic carbocycles. The number of nitrogens with zero attached hydrogens (tertiary/aromatic N) is 3. The van der Waals surface area contributed by atoms with E-state index < -0.39 is 12.5 Å². The van der Waals surface area contributed by atoms with Gasteiger partial charge in [-0.15, -0.1) is 0 Å². The number of thioether (sulfide) groups is 1. The van der Waals surface area contributed by atoms with Gasteiger partial charge in [0.05, 0.1) is 16.4 Å². The summed E-state index contributed by atoms with van der Waals surface area (Å²) in [5, 5.41) is 13.3. The van der Waals surface area contributed by atoms with Gasteiger partial charge in [0.2, 0.25) is 0 Å². The van der Waals surface area contributed by atoms with E-state index in [9.17, 15) is 14.7 Å². The standard InChI is InChI=1S/C34H27N3O3S2/c1-2-35-28-20-24-14-9-10-15-25(24)21-29(28)42-30(35)19-11-18-27(23-12-5-3-6-13-23)32-33(40)37(26-16-7-4-8-17-26)34(41)36(32)22-31(38)39/h3-21H,2,22H2,1H3,(H,38,39). The lowest BCUT2D eigenvalue weighted by Crippen LogP contribution is -2.35. The predicted octanol–water partition coefficient (Wildman–Crippen LogP) is 7.30. The fourth-order valence-electron chi connectivity index (χ4n) is 5.26. The first kappa shape index (κ1) is 27.5. The number of amides is 1. The molecule has 1 saturated heterocycles. The molecule has 0 bridgehead atoms. The number of anilines is 2. The molecule has 1 N–H and O–H groups in total. The Balaban J connectivity index is 1.43. The van der Waals surface area contributed by atoms with Crippen molar-refractivity contribution in [3.63, 3.8) is 0 Å². The third-order valence-corrected chi connectivity index (χ3v) is 8.68. The van der Waals surface area contributed by atoms with Gasteiger partial charge >= 0.3 is 5.97 Å². The van der Waals surface area contributed by atoms with Gasteiger partial charge in [0, 0.05) is 17.0 Å². The van der Waals surface area contributed by atoms with Gasteiger partial charge in [0.1, 0.15) is 12.2 Å². The molecule has 208 valence electrons. The minimum Gasteiger partial charge on any atom is -0.480 e. The Morgan fingerprint density at radius 2 is 1.55 bits per heavy atom. The van der Waals surface area contributed by atoms with E-state index in [4.69, 9.17) is 12.2 Å². The Morgan fingerprint density at radius 1 is 0.905 bits per heavy atom. The van der Waals surface area contributed by atoms with Crippen LogP contribution in [-0.2, 0) is 9.59 Å². The van der Waals surface area contributed by atoms with Crippen molar-refractivity contribution < 1.29 is 14.7 Å². The normalized spacial score (nSPS) is 17.2. The van der Waals surface area contributed by atoms with Crippen LogP contribution in [0.5, 0.6) is 0 Å². The van der Waals surface area contributed by atoms with Gasteiger partial charge in [-0.25, -0.2) is 0 Å². The van der Waals surface area contributed by atoms with Crippen LogP contribution in [-0.4, -0.2) is 40.1 Å². The SMILES string of the molecule is CCN1C(=CC=CC(=C2C(=O)N(c3ccccc3)C(=S)N2CC(=O)O)c2ccccc2)Sc2cc3ccccc3cc21. The van der Waals surface area contributed by atoms with Crippen LogP contribution < -0.4 is 9.80 Å². The van der Waals surface area contributed by atoms with E-state index in [1.165, 1.54) is 31.2 Å². The van der Waals surface area contributed by atoms with Crippen molar-refractivity contribution in [2.75, 3.05) is 22.9 Å². The molecular weight excluding hydrogens is 563 g/mol. The predicted molar refractivity (Wildman–Crippen MR) is 174 cm³/mol. The van der Waals surface area contributed by atoms with E-state index in [2.05, 4.69) is 36.1 Å². The van der Waals surface area contributed by atoms with Crippen LogP contribution in [0.2, 0.25) is 0 Å². The molecule has 0 aromatic heterocycles. The summed E-state index contributed by atoms with van der Waals surface area (Å²) in [5.41, 5.74) is 3.36. The average Bonchev–Trinajstić information content (AvgIpc) is 3.46. The maximum Gasteiger partial charge on any atom is 0.323 e. The molecule has 0 atom stereocenters. The number of para-hydroxylation sites is 1. The molecule has 8 heteroatoms. The number of carboxylic acids is 1. The fourth-order valence-corrected chi connectivity index (χ4v) is 6.78. The molecule has 2 aliphatic rings. The topological polar surface area (TPSA) is 64.1 Å². The van der Waals surface area contributed by atoms with Crippen LogP contribution in [0.4, 0.5) is 11.4 Å². The molecule has 6 nitrogen and oxygen atoms in total. The Morgan fingerprint density at radius 3 is 2.21 bits per heavy atom. The van der Waals surface area contributed by atoms with Crippen LogP contribution in [0.25, 0.3) is 16.3 Å². The molecule has 1 amide bonds. The summed E-state index contributed by atoms with van der Waals surface area (Å²) in [7, 11) is 0. The average molecular weight is 590 g/mol. The first-order valence-electron chi connectivity index (χ1n) is 13.6. The van der Waals surface area contributed by atoms with Crippen molar-refractivity contribution >= 4 is 68.7 Å². The van der Waals surface area contributed by atoms with E-state index >= 15 is 0 Å². The molecule has 2 aliphatic heterocycles. The lowest BCUT2D eigenvalue weighted by Gasteiger charge is -2.19. The van der Waals surface area contributed by atoms with Crippen molar-refractivity contribution in [3.8, 4) is 0 Å². The van der Waals surface area contributed by atoms with E-state index in [1.54, 1.807) is 23.9 Å². The van der Waals surface area contributed by atoms with Crippen LogP contribution >= 0.6 is 24.0 Å². The minimum absolute atomic E-state index is 0.134. The number of aliphatic carboxylic acids is 1. The highest BCUT2D eigenvalue weighted by atomic mass is 32.2. The summed E-state index contributed by atoms with van der Waals surface area (Å²) < 4.78 is 0. The highest BCUT2D eigenvalue weighted by molar-refractivity contribution is 8.03. The summed E-state index contributed by atoms with van der Waals surface area (Å²) in [5.74, 6) is -1.45. The van der Waals surface area contributed by atoms with Gasteiger partial charge in [0.15, 0.2) is 5.11 Å². The Labute approximate surface area is 253 Å². The van der Waals surface area contributed by atoms with Gasteiger partial charge in [-0.2, -0.15) is 0 Å². The van der Waals surface area contributed by atoms with Gasteiger partial charge in [-0.1, -0.05) is 96.7 Å². The molecule has 2 heterocycles. The molecule has 0 saturated carbocycles. The highest BCUT2D eigenvalue weighted by Crippen LogP contribution is 2.47. The van der Waals surface area contributed by atoms with E-state index in [-0.39, 0.29) is 16.7 Å². The second-order valence-electron chi connectivity index (χ2n) is 9.74. The van der Waals surface area contributed by atoms with Crippen LogP contribution in [0.3, 0.4) is 0 Å². The first-order chi connectivity index (χ1) is 20.5. The van der Waals surface area contributed by atoms with E-state index in [0.29, 0.717) is 11.3 Å². The Kier molecular flexibility index (Phi) is 7.65. The molecule has 0 radical (unpaired) electrons. The summed E-state index contributed by atoms with van der Waals surface area (Å²) in [4.78, 5) is 32.2. The highest BCUT2D eigenvalue weighted by Gasteiger charge is 2.41. The molecule has 4 aromatic carbocycles. The number of carbonyl (C=O) groups excluding carboxylic acids is 1. The summed E-state index contributed by atoms with van der Waals surface area (Å²) >= 11 is 7.39. The quantitative estimate of drug-likeness (QED) is 0.179. The Hall–Kier alpha value is -4.66. The first-order valence-corrected chi connectivity index (χ1v) is 14.8. The molecule has 1 fully saturated rings. The van der Waals surface area contributed by atoms with Crippen molar-refractivity contribution in [1.29, 1.82) is 0 Å². The third kappa shape index (κ3) is 5.11. The summed E-state index contributed by atoms with van der Waals surface area (Å²) in [6, 6.07) is 31.3. The second kappa shape index (κ2) is 11.7. The van der Waals surface area contributed by atoms with E-state index in [0.717, 1.165) is 17.1 Å². The number of thiocarbonyl (C=S) groups is 1. The maximum atomic E-state index is 14.0. The summed E-state index contributed by atoms with van der Waals surface area (Å²) in [6.45, 7) is 2.49. The number of allylic oxidation sites excluding steroid dienone is 4. The van der Waals surface area contributed by atoms with Crippen molar-refractivity contribution in [2.24, 2.45) is 0 Å². The molecule has 42 heavy (non-hydrogen) atoms. The second-order valence-corrected chi connectivity index (χ2v) is 11.2. The fraction of sp³-hybridized carbons (Fsp3) is 0.0882. The molecule has 4 aromatic rings. The van der Waals surface area contributed by atoms with Gasteiger partial charge in [-0.05, 0) is 65.8 Å². The number of carbonyl (C=O) groups is 2. The zero-order chi connectivity index (χ0) is 29.2. The lowest BCUT2D eigenvalue weighted by molar-refractivity contribution is -0.137. The van der Waals surface area contributed by atoms with Gasteiger partial charge in [0.25, 0.3) is 5.91 Å². The number of benzene rings is 4. The maximum absolute atomic E-state index is 14.0. The number of carboxylic acid groups (broad SMARTS) is 1. The van der Waals surface area contributed by atoms with E-state index in [1.807, 2.05) is 78.9 Å². The van der Waals surface area contributed by atoms with Crippen LogP contribution in [0.1, 0.15) is 12.5 Å². The Bertz CT molecular complexity index is 1800. The molecule has 0 spiro atoms. The zero-order valence-corrected chi connectivity index (χ0v) is 24.4. The van der Waals surface area contributed by atoms with Gasteiger partial charge < -0.3 is 14.9 Å². The van der Waals surface area contributed by atoms with Crippen LogP contribution in [0.15, 0.2) is 131 Å². The lowest BCUT2D eigenvalue weighted by atomic mass is 10.0. The number of hydrogen-bond acceptors (Lipinski definition) is 5. The number of fused-ring (bicyclic) bond motifs is 2. The largest absolute Gasteiger partial charge is 0.480 e. The monoisotopic (exact) mass is 589 g/mol. The van der Waals surface area contributed by atoms with Crippen LogP contribution in [0, 0.1) is 0 Å². The number of hydrogen-bond donors (Lipinski definition) is 1. The van der Waals surface area contributed by atoms with Gasteiger partial charge in [-0.3, -0.25) is 14.5 Å². The molecule has 0 unspecified atom stereocenters. The smallest absolute Gasteiger partial charge is 0.323 e. The van der Waals surface area contributed by atoms with Crippen molar-refractivity contribution in [3.05, 3.63) is 132 Å². The van der Waals surface area contributed by atoms with Crippen molar-refractivity contribution in [1.82, 2.24) is 4.90 Å². The summed E-state index contributed by atoms with van der Waals surface area (Å²) in [6.07, 6.45) is 5.83. The zero-order valence-electron chi connectivity index (χ0n) is 22.8. The minimum atomic E-state index is -1.08. The number of rotatable bonds is 7.